The van der Waals surface area contributed by atoms with Crippen LogP contribution in [0, 0.1) is 10.1 Å². The number of nitrogens with zero attached hydrogens (tertiary/aromatic N) is 1. The van der Waals surface area contributed by atoms with Gasteiger partial charge in [0.15, 0.2) is 5.75 Å². The Morgan fingerprint density at radius 3 is 2.65 bits per heavy atom. The Morgan fingerprint density at radius 2 is 2.10 bits per heavy atom. The fourth-order valence-electron chi connectivity index (χ4n) is 1.70. The fourth-order valence-corrected chi connectivity index (χ4v) is 1.70. The zero-order valence-corrected chi connectivity index (χ0v) is 11.5. The van der Waals surface area contributed by atoms with E-state index in [1.165, 1.54) is 12.1 Å². The molecule has 1 unspecified atom stereocenters. The molecular weight excluding hydrogens is 264 g/mol. The Balaban J connectivity index is 2.89. The van der Waals surface area contributed by atoms with Crippen molar-refractivity contribution in [2.45, 2.75) is 26.3 Å². The Labute approximate surface area is 116 Å². The SMILES string of the molecule is CCOC(=O)C(N)Cc1ccc(OCC)c([N+](=O)[O-])c1. The third-order valence-corrected chi connectivity index (χ3v) is 2.56. The summed E-state index contributed by atoms with van der Waals surface area (Å²) in [6.45, 7) is 4.01. The van der Waals surface area contributed by atoms with Crippen LogP contribution in [0.4, 0.5) is 5.69 Å². The lowest BCUT2D eigenvalue weighted by Crippen LogP contribution is -2.34. The second-order valence-electron chi connectivity index (χ2n) is 4.05. The van der Waals surface area contributed by atoms with E-state index in [4.69, 9.17) is 15.2 Å². The fraction of sp³-hybridized carbons (Fsp3) is 0.462. The van der Waals surface area contributed by atoms with Gasteiger partial charge in [-0.2, -0.15) is 0 Å². The van der Waals surface area contributed by atoms with Crippen LogP contribution in [0.5, 0.6) is 5.75 Å². The largest absolute Gasteiger partial charge is 0.487 e. The molecule has 0 saturated carbocycles. The molecule has 0 spiro atoms. The van der Waals surface area contributed by atoms with Crippen molar-refractivity contribution < 1.29 is 19.2 Å². The highest BCUT2D eigenvalue weighted by Gasteiger charge is 2.19. The van der Waals surface area contributed by atoms with Crippen LogP contribution < -0.4 is 10.5 Å². The molecule has 20 heavy (non-hydrogen) atoms. The van der Waals surface area contributed by atoms with Gasteiger partial charge in [-0.05, 0) is 31.9 Å². The van der Waals surface area contributed by atoms with E-state index in [1.807, 2.05) is 0 Å². The molecule has 1 aromatic carbocycles. The highest BCUT2D eigenvalue weighted by atomic mass is 16.6. The molecule has 110 valence electrons. The van der Waals surface area contributed by atoms with E-state index < -0.39 is 16.9 Å². The van der Waals surface area contributed by atoms with E-state index >= 15 is 0 Å². The third-order valence-electron chi connectivity index (χ3n) is 2.56. The lowest BCUT2D eigenvalue weighted by Gasteiger charge is -2.11. The molecule has 0 saturated heterocycles. The minimum atomic E-state index is -0.840. The number of hydrogen-bond acceptors (Lipinski definition) is 6. The molecule has 0 aliphatic carbocycles. The van der Waals surface area contributed by atoms with Crippen LogP contribution in [0.1, 0.15) is 19.4 Å². The van der Waals surface area contributed by atoms with Gasteiger partial charge in [0, 0.05) is 6.07 Å². The summed E-state index contributed by atoms with van der Waals surface area (Å²) >= 11 is 0. The molecule has 2 N–H and O–H groups in total. The van der Waals surface area contributed by atoms with Gasteiger partial charge in [-0.3, -0.25) is 14.9 Å². The standard InChI is InChI=1S/C13H18N2O5/c1-3-19-12-6-5-9(8-11(12)15(17)18)7-10(14)13(16)20-4-2/h5-6,8,10H,3-4,7,14H2,1-2H3. The molecule has 0 aliphatic rings. The Kier molecular flexibility index (Phi) is 5.92. The van der Waals surface area contributed by atoms with Gasteiger partial charge < -0.3 is 15.2 Å². The molecule has 1 rings (SSSR count). The summed E-state index contributed by atoms with van der Waals surface area (Å²) < 4.78 is 9.97. The summed E-state index contributed by atoms with van der Waals surface area (Å²) in [5.41, 5.74) is 6.13. The predicted octanol–water partition coefficient (Wildman–Crippen LogP) is 1.43. The zero-order valence-electron chi connectivity index (χ0n) is 11.5. The number of nitrogens with two attached hydrogens (primary N) is 1. The summed E-state index contributed by atoms with van der Waals surface area (Å²) in [5.74, 6) is -0.324. The van der Waals surface area contributed by atoms with Gasteiger partial charge in [-0.15, -0.1) is 0 Å². The highest BCUT2D eigenvalue weighted by molar-refractivity contribution is 5.76. The maximum absolute atomic E-state index is 11.4. The van der Waals surface area contributed by atoms with Gasteiger partial charge in [0.1, 0.15) is 6.04 Å². The third kappa shape index (κ3) is 4.20. The van der Waals surface area contributed by atoms with Crippen LogP contribution in [-0.2, 0) is 16.0 Å². The zero-order chi connectivity index (χ0) is 15.1. The van der Waals surface area contributed by atoms with E-state index in [9.17, 15) is 14.9 Å². The first-order valence-electron chi connectivity index (χ1n) is 6.31. The minimum Gasteiger partial charge on any atom is -0.487 e. The first kappa shape index (κ1) is 15.9. The molecule has 0 heterocycles. The van der Waals surface area contributed by atoms with Crippen LogP contribution in [0.25, 0.3) is 0 Å². The van der Waals surface area contributed by atoms with Crippen molar-refractivity contribution in [3.05, 3.63) is 33.9 Å². The number of benzene rings is 1. The average Bonchev–Trinajstić information content (AvgIpc) is 2.40. The Bertz CT molecular complexity index is 490. The molecule has 0 fully saturated rings. The maximum atomic E-state index is 11.4. The topological polar surface area (TPSA) is 105 Å². The number of carbonyl (C=O) groups excluding carboxylic acids is 1. The van der Waals surface area contributed by atoms with Crippen molar-refractivity contribution in [1.29, 1.82) is 0 Å². The molecule has 0 radical (unpaired) electrons. The van der Waals surface area contributed by atoms with Crippen molar-refractivity contribution >= 4 is 11.7 Å². The minimum absolute atomic E-state index is 0.139. The summed E-state index contributed by atoms with van der Waals surface area (Å²) in [4.78, 5) is 21.9. The summed E-state index contributed by atoms with van der Waals surface area (Å²) in [7, 11) is 0. The predicted molar refractivity (Wildman–Crippen MR) is 72.6 cm³/mol. The first-order valence-corrected chi connectivity index (χ1v) is 6.31. The van der Waals surface area contributed by atoms with Crippen LogP contribution in [0.3, 0.4) is 0 Å². The Morgan fingerprint density at radius 1 is 1.40 bits per heavy atom. The van der Waals surface area contributed by atoms with Crippen LogP contribution in [-0.4, -0.2) is 30.1 Å². The van der Waals surface area contributed by atoms with Crippen LogP contribution in [0.15, 0.2) is 18.2 Å². The molecule has 1 aromatic rings. The number of nitro benzene ring substituents is 1. The molecule has 0 aliphatic heterocycles. The normalized spacial score (nSPS) is 11.8. The highest BCUT2D eigenvalue weighted by Crippen LogP contribution is 2.28. The van der Waals surface area contributed by atoms with Crippen molar-refractivity contribution in [1.82, 2.24) is 0 Å². The lowest BCUT2D eigenvalue weighted by molar-refractivity contribution is -0.385. The van der Waals surface area contributed by atoms with Gasteiger partial charge >= 0.3 is 11.7 Å². The summed E-state index contributed by atoms with van der Waals surface area (Å²) in [6, 6.07) is 3.68. The van der Waals surface area contributed by atoms with Gasteiger partial charge in [0.05, 0.1) is 18.1 Å². The lowest BCUT2D eigenvalue weighted by atomic mass is 10.1. The van der Waals surface area contributed by atoms with E-state index in [0.29, 0.717) is 12.2 Å². The average molecular weight is 282 g/mol. The van der Waals surface area contributed by atoms with Gasteiger partial charge in [0.2, 0.25) is 0 Å². The van der Waals surface area contributed by atoms with E-state index in [2.05, 4.69) is 0 Å². The monoisotopic (exact) mass is 282 g/mol. The van der Waals surface area contributed by atoms with Crippen LogP contribution in [0.2, 0.25) is 0 Å². The summed E-state index contributed by atoms with van der Waals surface area (Å²) in [5, 5.41) is 11.0. The number of rotatable bonds is 7. The molecule has 0 aromatic heterocycles. The molecule has 0 amide bonds. The van der Waals surface area contributed by atoms with Gasteiger partial charge in [0.25, 0.3) is 0 Å². The summed E-state index contributed by atoms with van der Waals surface area (Å²) in [6.07, 6.45) is 0.173. The molecule has 1 atom stereocenters. The van der Waals surface area contributed by atoms with E-state index in [1.54, 1.807) is 19.9 Å². The second-order valence-corrected chi connectivity index (χ2v) is 4.05. The molecular formula is C13H18N2O5. The number of ether oxygens (including phenoxy) is 2. The number of hydrogen-bond donors (Lipinski definition) is 1. The van der Waals surface area contributed by atoms with E-state index in [0.717, 1.165) is 0 Å². The smallest absolute Gasteiger partial charge is 0.323 e. The van der Waals surface area contributed by atoms with Crippen molar-refractivity contribution in [3.8, 4) is 5.75 Å². The number of nitro groups is 1. The molecule has 7 nitrogen and oxygen atoms in total. The number of carbonyl (C=O) groups is 1. The van der Waals surface area contributed by atoms with Gasteiger partial charge in [-0.25, -0.2) is 0 Å². The molecule has 0 bridgehead atoms. The quantitative estimate of drug-likeness (QED) is 0.460. The maximum Gasteiger partial charge on any atom is 0.323 e. The van der Waals surface area contributed by atoms with E-state index in [-0.39, 0.29) is 24.5 Å². The van der Waals surface area contributed by atoms with Crippen LogP contribution >= 0.6 is 0 Å². The first-order chi connectivity index (χ1) is 9.49. The van der Waals surface area contributed by atoms with Crippen molar-refractivity contribution in [2.75, 3.05) is 13.2 Å². The van der Waals surface area contributed by atoms with Gasteiger partial charge in [-0.1, -0.05) is 6.07 Å². The number of esters is 1. The second kappa shape index (κ2) is 7.44. The molecule has 7 heteroatoms. The van der Waals surface area contributed by atoms with Crippen molar-refractivity contribution in [2.24, 2.45) is 5.73 Å². The van der Waals surface area contributed by atoms with Crippen molar-refractivity contribution in [3.63, 3.8) is 0 Å². The Hall–Kier alpha value is -2.15.